The molecule has 3 nitrogen and oxygen atoms in total. The minimum absolute atomic E-state index is 0.0978. The van der Waals surface area contributed by atoms with Crippen LogP contribution in [0, 0.1) is 18.3 Å². The average Bonchev–Trinajstić information content (AvgIpc) is 2.31. The van der Waals surface area contributed by atoms with Crippen molar-refractivity contribution >= 4 is 11.6 Å². The Morgan fingerprint density at radius 3 is 2.56 bits per heavy atom. The van der Waals surface area contributed by atoms with Crippen molar-refractivity contribution in [1.82, 2.24) is 0 Å². The second kappa shape index (κ2) is 5.04. The van der Waals surface area contributed by atoms with Crippen LogP contribution in [0.4, 0.5) is 23.2 Å². The fraction of sp³-hybridized carbons (Fsp3) is 0.273. The Labute approximate surface area is 100 Å². The van der Waals surface area contributed by atoms with Crippen LogP contribution in [0.1, 0.15) is 11.1 Å². The van der Waals surface area contributed by atoms with Gasteiger partial charge in [0.05, 0.1) is 11.6 Å². The highest BCUT2D eigenvalue weighted by Gasteiger charge is 2.49. The summed E-state index contributed by atoms with van der Waals surface area (Å²) >= 11 is 0. The summed E-state index contributed by atoms with van der Waals surface area (Å²) in [5, 5.41) is 10.3. The highest BCUT2D eigenvalue weighted by molar-refractivity contribution is 5.97. The fourth-order valence-corrected chi connectivity index (χ4v) is 1.13. The number of hydrogen-bond acceptors (Lipinski definition) is 2. The van der Waals surface area contributed by atoms with Gasteiger partial charge >= 0.3 is 18.3 Å². The summed E-state index contributed by atoms with van der Waals surface area (Å²) in [6.07, 6.45) is -4.09. The van der Waals surface area contributed by atoms with Crippen LogP contribution < -0.4 is 5.32 Å². The topological polar surface area (TPSA) is 52.9 Å². The molecule has 0 aliphatic carbocycles. The van der Waals surface area contributed by atoms with Crippen LogP contribution in [-0.4, -0.2) is 18.3 Å². The number of halogens is 4. The van der Waals surface area contributed by atoms with Gasteiger partial charge in [-0.15, -0.1) is 0 Å². The molecule has 0 aromatic heterocycles. The summed E-state index contributed by atoms with van der Waals surface area (Å²) in [5.41, 5.74) is 0.406. The minimum atomic E-state index is -4.77. The van der Waals surface area contributed by atoms with Crippen molar-refractivity contribution in [2.75, 3.05) is 5.32 Å². The van der Waals surface area contributed by atoms with Crippen LogP contribution in [0.2, 0.25) is 0 Å². The van der Waals surface area contributed by atoms with Crippen molar-refractivity contribution < 1.29 is 22.4 Å². The molecule has 1 aromatic rings. The summed E-state index contributed by atoms with van der Waals surface area (Å²) in [6.45, 7) is 1.48. The molecular formula is C11H8F4N2O. The normalized spacial score (nSPS) is 11.2. The molecule has 1 aromatic carbocycles. The van der Waals surface area contributed by atoms with Crippen molar-refractivity contribution in [2.45, 2.75) is 19.3 Å². The van der Waals surface area contributed by atoms with E-state index in [0.29, 0.717) is 5.56 Å². The summed E-state index contributed by atoms with van der Waals surface area (Å²) in [6, 6.07) is 5.70. The maximum absolute atomic E-state index is 12.7. The molecule has 0 heterocycles. The number of carbonyl (C=O) groups is 1. The molecule has 0 fully saturated rings. The van der Waals surface area contributed by atoms with E-state index >= 15 is 0 Å². The number of anilines is 1. The Morgan fingerprint density at radius 1 is 1.44 bits per heavy atom. The van der Waals surface area contributed by atoms with Gasteiger partial charge in [0.15, 0.2) is 0 Å². The zero-order chi connectivity index (χ0) is 13.9. The lowest BCUT2D eigenvalue weighted by Crippen LogP contribution is -2.41. The average molecular weight is 260 g/mol. The van der Waals surface area contributed by atoms with Gasteiger partial charge in [-0.25, -0.2) is 8.78 Å². The van der Waals surface area contributed by atoms with Crippen LogP contribution >= 0.6 is 0 Å². The van der Waals surface area contributed by atoms with Gasteiger partial charge < -0.3 is 5.32 Å². The highest BCUT2D eigenvalue weighted by atomic mass is 19.3. The zero-order valence-corrected chi connectivity index (χ0v) is 9.18. The Kier molecular flexibility index (Phi) is 3.91. The Morgan fingerprint density at radius 2 is 2.06 bits per heavy atom. The smallest absolute Gasteiger partial charge is 0.320 e. The first-order valence-corrected chi connectivity index (χ1v) is 4.77. The molecule has 0 bridgehead atoms. The van der Waals surface area contributed by atoms with Crippen LogP contribution in [-0.2, 0) is 4.79 Å². The lowest BCUT2D eigenvalue weighted by molar-refractivity contribution is -0.163. The number of amides is 1. The SMILES string of the molecule is Cc1ccc(C#N)cc1NC(=O)C(F)(F)C(F)F. The number of carbonyl (C=O) groups excluding carboxylic acids is 1. The quantitative estimate of drug-likeness (QED) is 0.849. The minimum Gasteiger partial charge on any atom is -0.320 e. The first kappa shape index (κ1) is 14.0. The number of nitriles is 1. The van der Waals surface area contributed by atoms with E-state index in [1.807, 2.05) is 0 Å². The summed E-state index contributed by atoms with van der Waals surface area (Å²) < 4.78 is 49.3. The predicted molar refractivity (Wildman–Crippen MR) is 55.5 cm³/mol. The molecular weight excluding hydrogens is 252 g/mol. The van der Waals surface area contributed by atoms with E-state index < -0.39 is 18.3 Å². The number of rotatable bonds is 3. The van der Waals surface area contributed by atoms with Crippen molar-refractivity contribution in [3.05, 3.63) is 29.3 Å². The van der Waals surface area contributed by atoms with E-state index in [-0.39, 0.29) is 11.3 Å². The van der Waals surface area contributed by atoms with E-state index in [9.17, 15) is 22.4 Å². The molecule has 1 rings (SSSR count). The third kappa shape index (κ3) is 2.77. The number of hydrogen-bond donors (Lipinski definition) is 1. The van der Waals surface area contributed by atoms with Gasteiger partial charge in [-0.3, -0.25) is 4.79 Å². The zero-order valence-electron chi connectivity index (χ0n) is 9.18. The van der Waals surface area contributed by atoms with Gasteiger partial charge in [-0.05, 0) is 24.6 Å². The lowest BCUT2D eigenvalue weighted by Gasteiger charge is -2.16. The van der Waals surface area contributed by atoms with E-state index in [4.69, 9.17) is 5.26 Å². The molecule has 96 valence electrons. The van der Waals surface area contributed by atoms with Gasteiger partial charge in [-0.2, -0.15) is 14.0 Å². The second-order valence-electron chi connectivity index (χ2n) is 3.52. The molecule has 1 N–H and O–H groups in total. The summed E-state index contributed by atoms with van der Waals surface area (Å²) in [7, 11) is 0. The predicted octanol–water partition coefficient (Wildman–Crippen LogP) is 2.71. The van der Waals surface area contributed by atoms with Crippen molar-refractivity contribution in [3.63, 3.8) is 0 Å². The van der Waals surface area contributed by atoms with Crippen LogP contribution in [0.5, 0.6) is 0 Å². The molecule has 0 spiro atoms. The molecule has 0 saturated heterocycles. The molecule has 0 aliphatic heterocycles. The Bertz CT molecular complexity index is 508. The van der Waals surface area contributed by atoms with Crippen molar-refractivity contribution in [1.29, 1.82) is 5.26 Å². The molecule has 0 aliphatic rings. The molecule has 0 saturated carbocycles. The highest BCUT2D eigenvalue weighted by Crippen LogP contribution is 2.26. The van der Waals surface area contributed by atoms with Gasteiger partial charge in [0.2, 0.25) is 0 Å². The van der Waals surface area contributed by atoms with Crippen LogP contribution in [0.25, 0.3) is 0 Å². The van der Waals surface area contributed by atoms with Crippen molar-refractivity contribution in [2.24, 2.45) is 0 Å². The molecule has 1 amide bonds. The van der Waals surface area contributed by atoms with Gasteiger partial charge in [-0.1, -0.05) is 6.07 Å². The fourth-order valence-electron chi connectivity index (χ4n) is 1.13. The van der Waals surface area contributed by atoms with Gasteiger partial charge in [0.25, 0.3) is 0 Å². The van der Waals surface area contributed by atoms with Gasteiger partial charge in [0, 0.05) is 5.69 Å². The summed E-state index contributed by atoms with van der Waals surface area (Å²) in [4.78, 5) is 11.0. The lowest BCUT2D eigenvalue weighted by atomic mass is 10.1. The maximum atomic E-state index is 12.7. The van der Waals surface area contributed by atoms with Gasteiger partial charge in [0.1, 0.15) is 0 Å². The first-order chi connectivity index (χ1) is 8.28. The summed E-state index contributed by atoms with van der Waals surface area (Å²) in [5.74, 6) is -6.87. The number of aryl methyl sites for hydroxylation is 1. The molecule has 18 heavy (non-hydrogen) atoms. The third-order valence-electron chi connectivity index (χ3n) is 2.19. The van der Waals surface area contributed by atoms with Crippen molar-refractivity contribution in [3.8, 4) is 6.07 Å². The number of alkyl halides is 4. The molecule has 0 unspecified atom stereocenters. The van der Waals surface area contributed by atoms with Crippen LogP contribution in [0.15, 0.2) is 18.2 Å². The van der Waals surface area contributed by atoms with E-state index in [2.05, 4.69) is 0 Å². The Balaban J connectivity index is 2.99. The first-order valence-electron chi connectivity index (χ1n) is 4.77. The number of nitrogens with zero attached hydrogens (tertiary/aromatic N) is 1. The van der Waals surface area contributed by atoms with Crippen LogP contribution in [0.3, 0.4) is 0 Å². The molecule has 7 heteroatoms. The standard InChI is InChI=1S/C11H8F4N2O/c1-6-2-3-7(5-16)4-8(6)17-10(18)11(14,15)9(12)13/h2-4,9H,1H3,(H,17,18). The molecule has 0 radical (unpaired) electrons. The maximum Gasteiger partial charge on any atom is 0.383 e. The number of benzene rings is 1. The third-order valence-corrected chi connectivity index (χ3v) is 2.19. The second-order valence-corrected chi connectivity index (χ2v) is 3.52. The Hall–Kier alpha value is -2.10. The monoisotopic (exact) mass is 260 g/mol. The van der Waals surface area contributed by atoms with E-state index in [0.717, 1.165) is 6.07 Å². The van der Waals surface area contributed by atoms with E-state index in [1.165, 1.54) is 19.1 Å². The molecule has 0 atom stereocenters. The number of nitrogens with one attached hydrogen (secondary N) is 1. The largest absolute Gasteiger partial charge is 0.383 e. The van der Waals surface area contributed by atoms with E-state index in [1.54, 1.807) is 11.4 Å².